The van der Waals surface area contributed by atoms with Crippen LogP contribution in [0, 0.1) is 0 Å². The lowest BCUT2D eigenvalue weighted by molar-refractivity contribution is 0.631. The standard InChI is InChI=1S/C19H18BrN/c1-2-21-19(16-8-5-9-18(20)13-16)17-11-10-14-6-3-4-7-15(14)12-17/h3-13,19,21H,2H2,1H3. The predicted octanol–water partition coefficient (Wildman–Crippen LogP) is 5.30. The van der Waals surface area contributed by atoms with Crippen LogP contribution in [-0.2, 0) is 0 Å². The Labute approximate surface area is 134 Å². The lowest BCUT2D eigenvalue weighted by atomic mass is 9.96. The number of hydrogen-bond acceptors (Lipinski definition) is 1. The second-order valence-electron chi connectivity index (χ2n) is 5.15. The van der Waals surface area contributed by atoms with Gasteiger partial charge in [0.2, 0.25) is 0 Å². The summed E-state index contributed by atoms with van der Waals surface area (Å²) in [7, 11) is 0. The van der Waals surface area contributed by atoms with E-state index in [1.54, 1.807) is 0 Å². The van der Waals surface area contributed by atoms with Gasteiger partial charge in [-0.2, -0.15) is 0 Å². The molecule has 0 aliphatic heterocycles. The molecule has 1 unspecified atom stereocenters. The summed E-state index contributed by atoms with van der Waals surface area (Å²) in [6, 6.07) is 23.9. The molecule has 3 aromatic carbocycles. The van der Waals surface area contributed by atoms with Crippen LogP contribution in [-0.4, -0.2) is 6.54 Å². The normalized spacial score (nSPS) is 12.5. The Balaban J connectivity index is 2.06. The molecule has 2 heteroatoms. The minimum Gasteiger partial charge on any atom is -0.307 e. The predicted molar refractivity (Wildman–Crippen MR) is 93.6 cm³/mol. The van der Waals surface area contributed by atoms with Crippen molar-refractivity contribution in [3.8, 4) is 0 Å². The second-order valence-corrected chi connectivity index (χ2v) is 6.07. The third-order valence-corrected chi connectivity index (χ3v) is 4.19. The fraction of sp³-hybridized carbons (Fsp3) is 0.158. The molecule has 1 nitrogen and oxygen atoms in total. The monoisotopic (exact) mass is 339 g/mol. The first-order valence-electron chi connectivity index (χ1n) is 7.25. The van der Waals surface area contributed by atoms with Crippen molar-refractivity contribution in [2.45, 2.75) is 13.0 Å². The molecule has 3 aromatic rings. The van der Waals surface area contributed by atoms with Crippen LogP contribution in [0.1, 0.15) is 24.1 Å². The summed E-state index contributed by atoms with van der Waals surface area (Å²) in [6.07, 6.45) is 0. The van der Waals surface area contributed by atoms with E-state index in [9.17, 15) is 0 Å². The zero-order chi connectivity index (χ0) is 14.7. The van der Waals surface area contributed by atoms with Crippen LogP contribution in [0.25, 0.3) is 10.8 Å². The van der Waals surface area contributed by atoms with E-state index in [2.05, 4.69) is 94.9 Å². The summed E-state index contributed by atoms with van der Waals surface area (Å²) in [5, 5.41) is 6.15. The van der Waals surface area contributed by atoms with Gasteiger partial charge in [-0.1, -0.05) is 71.4 Å². The first-order valence-corrected chi connectivity index (χ1v) is 8.05. The molecule has 0 aliphatic carbocycles. The molecule has 3 rings (SSSR count). The van der Waals surface area contributed by atoms with Crippen LogP contribution in [0.5, 0.6) is 0 Å². The minimum atomic E-state index is 0.220. The van der Waals surface area contributed by atoms with Crippen molar-refractivity contribution >= 4 is 26.7 Å². The van der Waals surface area contributed by atoms with Gasteiger partial charge in [-0.15, -0.1) is 0 Å². The van der Waals surface area contributed by atoms with Crippen molar-refractivity contribution < 1.29 is 0 Å². The molecule has 0 heterocycles. The first-order chi connectivity index (χ1) is 10.3. The van der Waals surface area contributed by atoms with Gasteiger partial charge in [0.1, 0.15) is 0 Å². The third kappa shape index (κ3) is 3.17. The van der Waals surface area contributed by atoms with E-state index in [1.165, 1.54) is 21.9 Å². The fourth-order valence-corrected chi connectivity index (χ4v) is 3.12. The first kappa shape index (κ1) is 14.3. The molecule has 1 atom stereocenters. The Morgan fingerprint density at radius 1 is 0.857 bits per heavy atom. The number of nitrogens with one attached hydrogen (secondary N) is 1. The van der Waals surface area contributed by atoms with Crippen molar-refractivity contribution in [2.75, 3.05) is 6.54 Å². The average Bonchev–Trinajstić information content (AvgIpc) is 2.52. The molecular weight excluding hydrogens is 322 g/mol. The number of halogens is 1. The van der Waals surface area contributed by atoms with Gasteiger partial charge in [0.15, 0.2) is 0 Å². The van der Waals surface area contributed by atoms with Crippen molar-refractivity contribution in [1.29, 1.82) is 0 Å². The van der Waals surface area contributed by atoms with Gasteiger partial charge in [0.25, 0.3) is 0 Å². The lowest BCUT2D eigenvalue weighted by Gasteiger charge is -2.20. The molecule has 0 spiro atoms. The lowest BCUT2D eigenvalue weighted by Crippen LogP contribution is -2.21. The van der Waals surface area contributed by atoms with E-state index in [4.69, 9.17) is 0 Å². The molecule has 106 valence electrons. The molecule has 0 radical (unpaired) electrons. The fourth-order valence-electron chi connectivity index (χ4n) is 2.71. The molecular formula is C19H18BrN. The highest BCUT2D eigenvalue weighted by Crippen LogP contribution is 2.27. The summed E-state index contributed by atoms with van der Waals surface area (Å²) in [5.74, 6) is 0. The van der Waals surface area contributed by atoms with Crippen molar-refractivity contribution in [2.24, 2.45) is 0 Å². The average molecular weight is 340 g/mol. The van der Waals surface area contributed by atoms with Crippen molar-refractivity contribution in [3.05, 3.63) is 82.3 Å². The van der Waals surface area contributed by atoms with Crippen LogP contribution in [0.15, 0.2) is 71.2 Å². The highest BCUT2D eigenvalue weighted by Gasteiger charge is 2.13. The third-order valence-electron chi connectivity index (χ3n) is 3.70. The molecule has 0 fully saturated rings. The molecule has 0 aromatic heterocycles. The zero-order valence-corrected chi connectivity index (χ0v) is 13.6. The molecule has 0 amide bonds. The highest BCUT2D eigenvalue weighted by atomic mass is 79.9. The summed E-state index contributed by atoms with van der Waals surface area (Å²) in [4.78, 5) is 0. The summed E-state index contributed by atoms with van der Waals surface area (Å²) < 4.78 is 1.11. The van der Waals surface area contributed by atoms with E-state index in [-0.39, 0.29) is 6.04 Å². The van der Waals surface area contributed by atoms with E-state index < -0.39 is 0 Å². The number of benzene rings is 3. The van der Waals surface area contributed by atoms with Crippen LogP contribution in [0.4, 0.5) is 0 Å². The maximum atomic E-state index is 3.59. The van der Waals surface area contributed by atoms with Crippen LogP contribution in [0.2, 0.25) is 0 Å². The van der Waals surface area contributed by atoms with Gasteiger partial charge in [-0.05, 0) is 46.6 Å². The van der Waals surface area contributed by atoms with Gasteiger partial charge in [-0.3, -0.25) is 0 Å². The molecule has 0 bridgehead atoms. The quantitative estimate of drug-likeness (QED) is 0.679. The van der Waals surface area contributed by atoms with E-state index in [1.807, 2.05) is 0 Å². The van der Waals surface area contributed by atoms with Crippen molar-refractivity contribution in [3.63, 3.8) is 0 Å². The minimum absolute atomic E-state index is 0.220. The Kier molecular flexibility index (Phi) is 4.37. The topological polar surface area (TPSA) is 12.0 Å². The zero-order valence-electron chi connectivity index (χ0n) is 12.0. The van der Waals surface area contributed by atoms with Crippen LogP contribution in [0.3, 0.4) is 0 Å². The summed E-state index contributed by atoms with van der Waals surface area (Å²) in [6.45, 7) is 3.08. The Morgan fingerprint density at radius 2 is 1.62 bits per heavy atom. The molecule has 1 N–H and O–H groups in total. The van der Waals surface area contributed by atoms with Crippen LogP contribution >= 0.6 is 15.9 Å². The van der Waals surface area contributed by atoms with Gasteiger partial charge >= 0.3 is 0 Å². The smallest absolute Gasteiger partial charge is 0.0577 e. The molecule has 0 saturated carbocycles. The number of hydrogen-bond donors (Lipinski definition) is 1. The van der Waals surface area contributed by atoms with Gasteiger partial charge in [0, 0.05) is 4.47 Å². The number of fused-ring (bicyclic) bond motifs is 1. The van der Waals surface area contributed by atoms with Gasteiger partial charge < -0.3 is 5.32 Å². The Morgan fingerprint density at radius 3 is 2.38 bits per heavy atom. The Hall–Kier alpha value is -1.64. The highest BCUT2D eigenvalue weighted by molar-refractivity contribution is 9.10. The maximum Gasteiger partial charge on any atom is 0.0577 e. The largest absolute Gasteiger partial charge is 0.307 e. The second kappa shape index (κ2) is 6.42. The number of rotatable bonds is 4. The molecule has 0 aliphatic rings. The van der Waals surface area contributed by atoms with Crippen LogP contribution < -0.4 is 5.32 Å². The van der Waals surface area contributed by atoms with E-state index in [0.717, 1.165) is 11.0 Å². The summed E-state index contributed by atoms with van der Waals surface area (Å²) in [5.41, 5.74) is 2.58. The van der Waals surface area contributed by atoms with Gasteiger partial charge in [-0.25, -0.2) is 0 Å². The Bertz CT molecular complexity index is 751. The van der Waals surface area contributed by atoms with E-state index in [0.29, 0.717) is 0 Å². The SMILES string of the molecule is CCNC(c1cccc(Br)c1)c1ccc2ccccc2c1. The molecule has 21 heavy (non-hydrogen) atoms. The molecule has 0 saturated heterocycles. The van der Waals surface area contributed by atoms with E-state index >= 15 is 0 Å². The van der Waals surface area contributed by atoms with Gasteiger partial charge in [0.05, 0.1) is 6.04 Å². The summed E-state index contributed by atoms with van der Waals surface area (Å²) >= 11 is 3.57. The van der Waals surface area contributed by atoms with Crippen molar-refractivity contribution in [1.82, 2.24) is 5.32 Å². The maximum absolute atomic E-state index is 3.59.